The van der Waals surface area contributed by atoms with Crippen molar-refractivity contribution in [2.45, 2.75) is 76.3 Å². The zero-order valence-corrected chi connectivity index (χ0v) is 21.9. The molecule has 7 rings (SSSR count). The lowest BCUT2D eigenvalue weighted by atomic mass is 10.1. The van der Waals surface area contributed by atoms with E-state index in [2.05, 4.69) is 56.5 Å². The molecule has 2 N–H and O–H groups in total. The smallest absolute Gasteiger partial charge is 0.223 e. The summed E-state index contributed by atoms with van der Waals surface area (Å²) in [7, 11) is 0. The van der Waals surface area contributed by atoms with E-state index >= 15 is 0 Å². The largest absolute Gasteiger partial charge is 0.493 e. The third-order valence-corrected chi connectivity index (χ3v) is 8.26. The first-order chi connectivity index (χ1) is 18.8. The van der Waals surface area contributed by atoms with Gasteiger partial charge in [-0.3, -0.25) is 0 Å². The molecule has 0 atom stereocenters. The number of ether oxygens (including phenoxy) is 1. The Kier molecular flexibility index (Phi) is 6.35. The first-order valence-electron chi connectivity index (χ1n) is 14.4. The Bertz CT molecular complexity index is 1420. The molecule has 0 amide bonds. The van der Waals surface area contributed by atoms with Gasteiger partial charge in [0.1, 0.15) is 11.6 Å². The summed E-state index contributed by atoms with van der Waals surface area (Å²) in [6.45, 7) is 0.805. The van der Waals surface area contributed by atoms with Crippen LogP contribution in [0.3, 0.4) is 0 Å². The number of pyridine rings is 1. The SMILES string of the molecule is c1cc(OCC2CC2)cc(-c2cc3c(-c4ccnc(NC5CCCC5)n4)ccc(NC4CCCC4)n3n2)c1. The second-order valence-corrected chi connectivity index (χ2v) is 11.3. The lowest BCUT2D eigenvalue weighted by Crippen LogP contribution is -2.17. The van der Waals surface area contributed by atoms with Gasteiger partial charge < -0.3 is 15.4 Å². The minimum Gasteiger partial charge on any atom is -0.493 e. The highest BCUT2D eigenvalue weighted by atomic mass is 16.5. The molecule has 3 aromatic heterocycles. The molecule has 38 heavy (non-hydrogen) atoms. The van der Waals surface area contributed by atoms with Gasteiger partial charge >= 0.3 is 0 Å². The zero-order chi connectivity index (χ0) is 25.3. The predicted molar refractivity (Wildman–Crippen MR) is 152 cm³/mol. The van der Waals surface area contributed by atoms with Crippen molar-refractivity contribution in [1.82, 2.24) is 19.6 Å². The fourth-order valence-corrected chi connectivity index (χ4v) is 5.90. The molecule has 0 unspecified atom stereocenters. The summed E-state index contributed by atoms with van der Waals surface area (Å²) in [5, 5.41) is 12.4. The number of hydrogen-bond donors (Lipinski definition) is 2. The highest BCUT2D eigenvalue weighted by Gasteiger charge is 2.22. The number of hydrogen-bond acceptors (Lipinski definition) is 6. The summed E-state index contributed by atoms with van der Waals surface area (Å²) in [5.41, 5.74) is 5.00. The van der Waals surface area contributed by atoms with Gasteiger partial charge in [0.15, 0.2) is 0 Å². The quantitative estimate of drug-likeness (QED) is 0.255. The molecule has 0 bridgehead atoms. The lowest BCUT2D eigenvalue weighted by Gasteiger charge is -2.16. The van der Waals surface area contributed by atoms with Gasteiger partial charge in [-0.25, -0.2) is 14.5 Å². The van der Waals surface area contributed by atoms with Crippen LogP contribution in [-0.4, -0.2) is 38.3 Å². The number of benzene rings is 1. The summed E-state index contributed by atoms with van der Waals surface area (Å²) < 4.78 is 8.13. The van der Waals surface area contributed by atoms with Crippen LogP contribution in [0.5, 0.6) is 5.75 Å². The Morgan fingerprint density at radius 2 is 1.61 bits per heavy atom. The molecule has 7 nitrogen and oxygen atoms in total. The van der Waals surface area contributed by atoms with Crippen molar-refractivity contribution in [1.29, 1.82) is 0 Å². The molecular formula is C31H36N6O. The summed E-state index contributed by atoms with van der Waals surface area (Å²) in [4.78, 5) is 9.45. The number of fused-ring (bicyclic) bond motifs is 1. The second kappa shape index (κ2) is 10.3. The average molecular weight is 509 g/mol. The molecule has 0 aliphatic heterocycles. The van der Waals surface area contributed by atoms with E-state index in [4.69, 9.17) is 14.8 Å². The van der Waals surface area contributed by atoms with E-state index in [1.165, 1.54) is 64.2 Å². The van der Waals surface area contributed by atoms with Gasteiger partial charge in [0.2, 0.25) is 5.95 Å². The molecule has 7 heteroatoms. The van der Waals surface area contributed by atoms with Crippen LogP contribution in [0, 0.1) is 5.92 Å². The van der Waals surface area contributed by atoms with Gasteiger partial charge in [-0.1, -0.05) is 37.8 Å². The third-order valence-electron chi connectivity index (χ3n) is 8.26. The van der Waals surface area contributed by atoms with Crippen LogP contribution in [0.2, 0.25) is 0 Å². The molecular weight excluding hydrogens is 472 g/mol. The van der Waals surface area contributed by atoms with E-state index in [0.717, 1.165) is 52.1 Å². The van der Waals surface area contributed by atoms with E-state index in [9.17, 15) is 0 Å². The molecule has 0 radical (unpaired) electrons. The Labute approximate surface area is 224 Å². The van der Waals surface area contributed by atoms with Crippen LogP contribution in [0.15, 0.2) is 54.7 Å². The van der Waals surface area contributed by atoms with E-state index in [-0.39, 0.29) is 0 Å². The van der Waals surface area contributed by atoms with Crippen LogP contribution in [0.1, 0.15) is 64.2 Å². The van der Waals surface area contributed by atoms with Gasteiger partial charge in [0.25, 0.3) is 0 Å². The number of nitrogens with one attached hydrogen (secondary N) is 2. The van der Waals surface area contributed by atoms with Crippen molar-refractivity contribution >= 4 is 17.3 Å². The van der Waals surface area contributed by atoms with Gasteiger partial charge in [0.05, 0.1) is 23.5 Å². The molecule has 196 valence electrons. The number of rotatable bonds is 9. The highest BCUT2D eigenvalue weighted by Crippen LogP contribution is 2.34. The van der Waals surface area contributed by atoms with Crippen LogP contribution in [0.25, 0.3) is 28.0 Å². The van der Waals surface area contributed by atoms with Crippen molar-refractivity contribution in [3.8, 4) is 28.3 Å². The van der Waals surface area contributed by atoms with E-state index in [1.807, 2.05) is 18.3 Å². The molecule has 3 aliphatic carbocycles. The van der Waals surface area contributed by atoms with Crippen LogP contribution in [-0.2, 0) is 0 Å². The van der Waals surface area contributed by atoms with E-state index in [0.29, 0.717) is 18.0 Å². The molecule has 0 saturated heterocycles. The lowest BCUT2D eigenvalue weighted by molar-refractivity contribution is 0.300. The monoisotopic (exact) mass is 508 g/mol. The summed E-state index contributed by atoms with van der Waals surface area (Å²) >= 11 is 0. The maximum atomic E-state index is 6.07. The van der Waals surface area contributed by atoms with E-state index in [1.54, 1.807) is 0 Å². The second-order valence-electron chi connectivity index (χ2n) is 11.3. The van der Waals surface area contributed by atoms with Gasteiger partial charge in [-0.15, -0.1) is 0 Å². The topological polar surface area (TPSA) is 76.4 Å². The first-order valence-corrected chi connectivity index (χ1v) is 14.4. The molecule has 3 saturated carbocycles. The normalized spacial score (nSPS) is 18.3. The van der Waals surface area contributed by atoms with Crippen LogP contribution < -0.4 is 15.4 Å². The number of nitrogens with zero attached hydrogens (tertiary/aromatic N) is 4. The zero-order valence-electron chi connectivity index (χ0n) is 21.9. The molecule has 4 aromatic rings. The average Bonchev–Trinajstić information content (AvgIpc) is 3.31. The van der Waals surface area contributed by atoms with Gasteiger partial charge in [-0.2, -0.15) is 5.10 Å². The Morgan fingerprint density at radius 3 is 2.39 bits per heavy atom. The predicted octanol–water partition coefficient (Wildman–Crippen LogP) is 6.96. The number of aromatic nitrogens is 4. The van der Waals surface area contributed by atoms with Crippen molar-refractivity contribution in [2.24, 2.45) is 5.92 Å². The van der Waals surface area contributed by atoms with Crippen molar-refractivity contribution in [2.75, 3.05) is 17.2 Å². The fourth-order valence-electron chi connectivity index (χ4n) is 5.90. The summed E-state index contributed by atoms with van der Waals surface area (Å²) in [5.74, 6) is 3.37. The fraction of sp³-hybridized carbons (Fsp3) is 0.452. The van der Waals surface area contributed by atoms with Gasteiger partial charge in [0, 0.05) is 29.4 Å². The minimum atomic E-state index is 0.472. The molecule has 0 spiro atoms. The molecule has 3 heterocycles. The van der Waals surface area contributed by atoms with Crippen molar-refractivity contribution in [3.05, 3.63) is 54.7 Å². The molecule has 3 aliphatic rings. The summed E-state index contributed by atoms with van der Waals surface area (Å²) in [6.07, 6.45) is 14.3. The van der Waals surface area contributed by atoms with Crippen LogP contribution in [0.4, 0.5) is 11.8 Å². The van der Waals surface area contributed by atoms with E-state index < -0.39 is 0 Å². The first kappa shape index (κ1) is 23.5. The standard InChI is InChI=1S/C31H36N6O/c1-2-8-23(7-1)33-30-15-14-26(27-16-17-32-31(35-27)34-24-9-3-4-10-24)29-19-28(36-37(29)30)22-6-5-11-25(18-22)38-20-21-12-13-21/h5-6,11,14-19,21,23-24,33H,1-4,7-10,12-13,20H2,(H,32,34,35). The van der Waals surface area contributed by atoms with Crippen molar-refractivity contribution < 1.29 is 4.74 Å². The highest BCUT2D eigenvalue weighted by molar-refractivity contribution is 5.83. The van der Waals surface area contributed by atoms with Gasteiger partial charge in [-0.05, 0) is 80.8 Å². The third kappa shape index (κ3) is 5.06. The summed E-state index contributed by atoms with van der Waals surface area (Å²) in [6, 6.07) is 17.8. The molecule has 3 fully saturated rings. The van der Waals surface area contributed by atoms with Crippen molar-refractivity contribution in [3.63, 3.8) is 0 Å². The maximum Gasteiger partial charge on any atom is 0.223 e. The Morgan fingerprint density at radius 1 is 0.816 bits per heavy atom. The minimum absolute atomic E-state index is 0.472. The number of anilines is 2. The Hall–Kier alpha value is -3.61. The Balaban J connectivity index is 1.26. The van der Waals surface area contributed by atoms with Crippen LogP contribution >= 0.6 is 0 Å². The maximum absolute atomic E-state index is 6.07. The molecule has 1 aromatic carbocycles.